The standard InChI is InChI=1S/C9H15ClN4/c1-7(2)12-3-4-13-9-6-11-5-8(10)14-9/h5-7,12H,3-4H2,1-2H3,(H,13,14). The summed E-state index contributed by atoms with van der Waals surface area (Å²) in [6.45, 7) is 5.93. The van der Waals surface area contributed by atoms with Crippen LogP contribution in [0.1, 0.15) is 13.8 Å². The third kappa shape index (κ3) is 4.39. The van der Waals surface area contributed by atoms with E-state index < -0.39 is 0 Å². The van der Waals surface area contributed by atoms with Gasteiger partial charge in [-0.25, -0.2) is 4.98 Å². The van der Waals surface area contributed by atoms with Gasteiger partial charge in [0, 0.05) is 19.1 Å². The fourth-order valence-corrected chi connectivity index (χ4v) is 1.13. The van der Waals surface area contributed by atoms with Crippen molar-refractivity contribution in [3.05, 3.63) is 17.5 Å². The summed E-state index contributed by atoms with van der Waals surface area (Å²) in [6.07, 6.45) is 3.17. The molecule has 0 aliphatic rings. The largest absolute Gasteiger partial charge is 0.367 e. The van der Waals surface area contributed by atoms with Crippen LogP contribution in [0.3, 0.4) is 0 Å². The van der Waals surface area contributed by atoms with Gasteiger partial charge in [0.15, 0.2) is 0 Å². The first-order chi connectivity index (χ1) is 6.68. The smallest absolute Gasteiger partial charge is 0.149 e. The molecule has 2 N–H and O–H groups in total. The maximum atomic E-state index is 5.68. The fourth-order valence-electron chi connectivity index (χ4n) is 0.979. The second kappa shape index (κ2) is 5.78. The van der Waals surface area contributed by atoms with Crippen LogP contribution in [0.25, 0.3) is 0 Å². The van der Waals surface area contributed by atoms with Gasteiger partial charge in [-0.3, -0.25) is 4.98 Å². The van der Waals surface area contributed by atoms with Gasteiger partial charge in [0.25, 0.3) is 0 Å². The molecule has 0 aromatic carbocycles. The molecule has 0 saturated heterocycles. The Balaban J connectivity index is 2.25. The molecule has 0 amide bonds. The summed E-state index contributed by atoms with van der Waals surface area (Å²) in [7, 11) is 0. The summed E-state index contributed by atoms with van der Waals surface area (Å²) in [5.74, 6) is 0.711. The molecule has 1 heterocycles. The molecule has 1 aromatic heterocycles. The van der Waals surface area contributed by atoms with E-state index in [2.05, 4.69) is 34.4 Å². The first-order valence-corrected chi connectivity index (χ1v) is 5.01. The van der Waals surface area contributed by atoms with E-state index >= 15 is 0 Å². The third-order valence-electron chi connectivity index (χ3n) is 1.59. The number of rotatable bonds is 5. The fraction of sp³-hybridized carbons (Fsp3) is 0.556. The molecule has 14 heavy (non-hydrogen) atoms. The number of nitrogens with zero attached hydrogens (tertiary/aromatic N) is 2. The highest BCUT2D eigenvalue weighted by atomic mass is 35.5. The molecule has 0 aliphatic carbocycles. The van der Waals surface area contributed by atoms with E-state index in [0.29, 0.717) is 17.0 Å². The highest BCUT2D eigenvalue weighted by Gasteiger charge is 1.95. The van der Waals surface area contributed by atoms with Crippen molar-refractivity contribution >= 4 is 17.4 Å². The average molecular weight is 215 g/mol. The normalized spacial score (nSPS) is 10.6. The minimum absolute atomic E-state index is 0.409. The van der Waals surface area contributed by atoms with Crippen LogP contribution in [0.4, 0.5) is 5.82 Å². The maximum absolute atomic E-state index is 5.68. The molecule has 78 valence electrons. The Morgan fingerprint density at radius 2 is 2.14 bits per heavy atom. The van der Waals surface area contributed by atoms with Crippen molar-refractivity contribution in [2.24, 2.45) is 0 Å². The zero-order valence-corrected chi connectivity index (χ0v) is 9.17. The van der Waals surface area contributed by atoms with Gasteiger partial charge in [-0.05, 0) is 0 Å². The molecule has 0 unspecified atom stereocenters. The number of aromatic nitrogens is 2. The van der Waals surface area contributed by atoms with Gasteiger partial charge < -0.3 is 10.6 Å². The SMILES string of the molecule is CC(C)NCCNc1cncc(Cl)n1. The van der Waals surface area contributed by atoms with Gasteiger partial charge in [0.05, 0.1) is 12.4 Å². The molecule has 1 rings (SSSR count). The maximum Gasteiger partial charge on any atom is 0.149 e. The summed E-state index contributed by atoms with van der Waals surface area (Å²) in [5, 5.41) is 6.82. The van der Waals surface area contributed by atoms with Crippen LogP contribution in [0.5, 0.6) is 0 Å². The van der Waals surface area contributed by atoms with Crippen LogP contribution < -0.4 is 10.6 Å². The van der Waals surface area contributed by atoms with Gasteiger partial charge in [-0.15, -0.1) is 0 Å². The minimum atomic E-state index is 0.409. The van der Waals surface area contributed by atoms with Crippen molar-refractivity contribution in [3.8, 4) is 0 Å². The number of halogens is 1. The van der Waals surface area contributed by atoms with Crippen molar-refractivity contribution in [2.45, 2.75) is 19.9 Å². The second-order valence-electron chi connectivity index (χ2n) is 3.26. The topological polar surface area (TPSA) is 49.8 Å². The Hall–Kier alpha value is -0.870. The molecule has 0 bridgehead atoms. The number of hydrogen-bond donors (Lipinski definition) is 2. The molecule has 1 aromatic rings. The molecule has 0 fully saturated rings. The number of nitrogens with one attached hydrogen (secondary N) is 2. The molecule has 0 atom stereocenters. The van der Waals surface area contributed by atoms with E-state index in [1.807, 2.05) is 0 Å². The predicted octanol–water partition coefficient (Wildman–Crippen LogP) is 1.54. The zero-order valence-electron chi connectivity index (χ0n) is 8.42. The highest BCUT2D eigenvalue weighted by Crippen LogP contribution is 2.05. The third-order valence-corrected chi connectivity index (χ3v) is 1.77. The molecule has 0 radical (unpaired) electrons. The zero-order chi connectivity index (χ0) is 10.4. The lowest BCUT2D eigenvalue weighted by molar-refractivity contribution is 0.602. The van der Waals surface area contributed by atoms with Crippen molar-refractivity contribution in [1.29, 1.82) is 0 Å². The van der Waals surface area contributed by atoms with Crippen LogP contribution in [0, 0.1) is 0 Å². The lowest BCUT2D eigenvalue weighted by atomic mass is 10.4. The second-order valence-corrected chi connectivity index (χ2v) is 3.65. The Bertz CT molecular complexity index is 277. The van der Waals surface area contributed by atoms with E-state index in [4.69, 9.17) is 11.6 Å². The van der Waals surface area contributed by atoms with Gasteiger partial charge in [-0.2, -0.15) is 0 Å². The van der Waals surface area contributed by atoms with Crippen LogP contribution in [-0.4, -0.2) is 29.1 Å². The molecule has 4 nitrogen and oxygen atoms in total. The molecule has 5 heteroatoms. The molecular formula is C9H15ClN4. The predicted molar refractivity (Wildman–Crippen MR) is 58.7 cm³/mol. The first kappa shape index (κ1) is 11.2. The average Bonchev–Trinajstić information content (AvgIpc) is 2.12. The Labute approximate surface area is 89.1 Å². The first-order valence-electron chi connectivity index (χ1n) is 4.63. The highest BCUT2D eigenvalue weighted by molar-refractivity contribution is 6.29. The van der Waals surface area contributed by atoms with Crippen molar-refractivity contribution < 1.29 is 0 Å². The Morgan fingerprint density at radius 1 is 1.36 bits per heavy atom. The van der Waals surface area contributed by atoms with Crippen molar-refractivity contribution in [2.75, 3.05) is 18.4 Å². The summed E-state index contributed by atoms with van der Waals surface area (Å²) >= 11 is 5.68. The van der Waals surface area contributed by atoms with E-state index in [1.54, 1.807) is 6.20 Å². The monoisotopic (exact) mass is 214 g/mol. The van der Waals surface area contributed by atoms with E-state index in [-0.39, 0.29) is 0 Å². The van der Waals surface area contributed by atoms with Gasteiger partial charge in [-0.1, -0.05) is 25.4 Å². The molecule has 0 spiro atoms. The quantitative estimate of drug-likeness (QED) is 0.731. The van der Waals surface area contributed by atoms with Crippen LogP contribution >= 0.6 is 11.6 Å². The van der Waals surface area contributed by atoms with Crippen molar-refractivity contribution in [1.82, 2.24) is 15.3 Å². The molecule has 0 saturated carbocycles. The molecule has 0 aliphatic heterocycles. The Morgan fingerprint density at radius 3 is 2.79 bits per heavy atom. The lowest BCUT2D eigenvalue weighted by Gasteiger charge is -2.08. The Kier molecular flexibility index (Phi) is 4.62. The van der Waals surface area contributed by atoms with E-state index in [0.717, 1.165) is 13.1 Å². The van der Waals surface area contributed by atoms with Gasteiger partial charge in [0.1, 0.15) is 11.0 Å². The van der Waals surface area contributed by atoms with Gasteiger partial charge >= 0.3 is 0 Å². The van der Waals surface area contributed by atoms with Crippen LogP contribution in [0.15, 0.2) is 12.4 Å². The number of hydrogen-bond acceptors (Lipinski definition) is 4. The van der Waals surface area contributed by atoms with Gasteiger partial charge in [0.2, 0.25) is 0 Å². The summed E-state index contributed by atoms with van der Waals surface area (Å²) in [5.41, 5.74) is 0. The van der Waals surface area contributed by atoms with E-state index in [1.165, 1.54) is 6.20 Å². The summed E-state index contributed by atoms with van der Waals surface area (Å²) < 4.78 is 0. The summed E-state index contributed by atoms with van der Waals surface area (Å²) in [4.78, 5) is 7.97. The van der Waals surface area contributed by atoms with E-state index in [9.17, 15) is 0 Å². The van der Waals surface area contributed by atoms with Crippen LogP contribution in [-0.2, 0) is 0 Å². The minimum Gasteiger partial charge on any atom is -0.367 e. The lowest BCUT2D eigenvalue weighted by Crippen LogP contribution is -2.28. The number of anilines is 1. The summed E-state index contributed by atoms with van der Waals surface area (Å²) in [6, 6.07) is 0.502. The van der Waals surface area contributed by atoms with Crippen LogP contribution in [0.2, 0.25) is 5.15 Å². The molecular weight excluding hydrogens is 200 g/mol. The van der Waals surface area contributed by atoms with Crippen molar-refractivity contribution in [3.63, 3.8) is 0 Å².